The molecule has 0 unspecified atom stereocenters. The molecule has 0 spiro atoms. The lowest BCUT2D eigenvalue weighted by Crippen LogP contribution is -2.18. The Bertz CT molecular complexity index is 443. The molecule has 0 aliphatic carbocycles. The highest BCUT2D eigenvalue weighted by atomic mass is 19.1. The minimum absolute atomic E-state index is 0.119. The summed E-state index contributed by atoms with van der Waals surface area (Å²) in [5, 5.41) is 0. The highest BCUT2D eigenvalue weighted by Crippen LogP contribution is 2.19. The highest BCUT2D eigenvalue weighted by molar-refractivity contribution is 6.40. The fraction of sp³-hybridized carbons (Fsp3) is 0.333. The van der Waals surface area contributed by atoms with E-state index in [1.54, 1.807) is 21.0 Å². The summed E-state index contributed by atoms with van der Waals surface area (Å²) in [6.45, 7) is 1.74. The van der Waals surface area contributed by atoms with E-state index in [0.29, 0.717) is 0 Å². The summed E-state index contributed by atoms with van der Waals surface area (Å²) < 4.78 is 18.0. The molecule has 0 radical (unpaired) electrons. The zero-order valence-electron chi connectivity index (χ0n) is 9.99. The van der Waals surface area contributed by atoms with E-state index in [-0.39, 0.29) is 17.9 Å². The lowest BCUT2D eigenvalue weighted by Gasteiger charge is -2.14. The molecule has 0 aliphatic heterocycles. The maximum atomic E-state index is 13.4. The van der Waals surface area contributed by atoms with E-state index in [1.165, 1.54) is 17.0 Å². The first kappa shape index (κ1) is 13.2. The van der Waals surface area contributed by atoms with Crippen molar-refractivity contribution in [3.63, 3.8) is 0 Å². The number of carbonyl (C=O) groups is 2. The van der Waals surface area contributed by atoms with E-state index in [4.69, 9.17) is 0 Å². The predicted octanol–water partition coefficient (Wildman–Crippen LogP) is 1.64. The van der Waals surface area contributed by atoms with Crippen molar-refractivity contribution < 1.29 is 18.7 Å². The fourth-order valence-electron chi connectivity index (χ4n) is 1.31. The van der Waals surface area contributed by atoms with Gasteiger partial charge in [0, 0.05) is 19.7 Å². The van der Waals surface area contributed by atoms with Gasteiger partial charge in [0.1, 0.15) is 5.82 Å². The van der Waals surface area contributed by atoms with Gasteiger partial charge in [-0.3, -0.25) is 4.79 Å². The number of hydrogen-bond acceptors (Lipinski definition) is 4. The molecule has 92 valence electrons. The van der Waals surface area contributed by atoms with Crippen LogP contribution in [0.15, 0.2) is 18.2 Å². The van der Waals surface area contributed by atoms with Gasteiger partial charge >= 0.3 is 5.97 Å². The van der Waals surface area contributed by atoms with Gasteiger partial charge in [0.15, 0.2) is 0 Å². The Morgan fingerprint density at radius 2 is 2.00 bits per heavy atom. The number of halogens is 1. The Morgan fingerprint density at radius 1 is 1.35 bits per heavy atom. The first-order chi connectivity index (χ1) is 7.97. The molecule has 5 heteroatoms. The second kappa shape index (κ2) is 5.43. The summed E-state index contributed by atoms with van der Waals surface area (Å²) in [7, 11) is 3.30. The van der Waals surface area contributed by atoms with Crippen molar-refractivity contribution in [1.29, 1.82) is 0 Å². The van der Waals surface area contributed by atoms with E-state index in [2.05, 4.69) is 4.74 Å². The van der Waals surface area contributed by atoms with Gasteiger partial charge in [0.2, 0.25) is 0 Å². The van der Waals surface area contributed by atoms with Crippen LogP contribution in [0.25, 0.3) is 0 Å². The Labute approximate surface area is 99.0 Å². The maximum Gasteiger partial charge on any atom is 0.379 e. The Kier molecular flexibility index (Phi) is 4.20. The van der Waals surface area contributed by atoms with Crippen LogP contribution in [0.2, 0.25) is 0 Å². The molecule has 0 saturated heterocycles. The smallest absolute Gasteiger partial charge is 0.379 e. The van der Waals surface area contributed by atoms with Crippen LogP contribution in [0.3, 0.4) is 0 Å². The van der Waals surface area contributed by atoms with Crippen molar-refractivity contribution in [1.82, 2.24) is 0 Å². The van der Waals surface area contributed by atoms with Gasteiger partial charge in [-0.2, -0.15) is 0 Å². The Morgan fingerprint density at radius 3 is 2.53 bits per heavy atom. The van der Waals surface area contributed by atoms with Crippen molar-refractivity contribution in [2.75, 3.05) is 25.6 Å². The first-order valence-corrected chi connectivity index (χ1v) is 5.15. The van der Waals surface area contributed by atoms with Gasteiger partial charge in [-0.1, -0.05) is 0 Å². The predicted molar refractivity (Wildman–Crippen MR) is 61.7 cm³/mol. The van der Waals surface area contributed by atoms with Crippen LogP contribution in [-0.2, 0) is 9.53 Å². The number of carbonyl (C=O) groups excluding carboxylic acids is 2. The third kappa shape index (κ3) is 3.03. The molecule has 0 aromatic heterocycles. The quantitative estimate of drug-likeness (QED) is 0.455. The molecule has 0 heterocycles. The average molecular weight is 239 g/mol. The second-order valence-corrected chi connectivity index (χ2v) is 3.61. The monoisotopic (exact) mass is 239 g/mol. The molecular formula is C12H14FNO3. The molecule has 4 nitrogen and oxygen atoms in total. The number of ketones is 1. The van der Waals surface area contributed by atoms with E-state index in [9.17, 15) is 14.0 Å². The SMILES string of the molecule is CCOC(=O)C(=O)c1ccc(F)c(N(C)C)c1. The number of esters is 1. The number of anilines is 1. The van der Waals surface area contributed by atoms with Crippen LogP contribution >= 0.6 is 0 Å². The number of nitrogens with zero attached hydrogens (tertiary/aromatic N) is 1. The number of benzene rings is 1. The lowest BCUT2D eigenvalue weighted by atomic mass is 10.1. The molecule has 0 fully saturated rings. The summed E-state index contributed by atoms with van der Waals surface area (Å²) >= 11 is 0. The van der Waals surface area contributed by atoms with Crippen LogP contribution in [0.1, 0.15) is 17.3 Å². The third-order valence-corrected chi connectivity index (χ3v) is 2.15. The molecule has 0 saturated carbocycles. The molecule has 1 rings (SSSR count). The molecule has 0 N–H and O–H groups in total. The summed E-state index contributed by atoms with van der Waals surface area (Å²) in [5.74, 6) is -2.14. The maximum absolute atomic E-state index is 13.4. The van der Waals surface area contributed by atoms with Crippen molar-refractivity contribution in [2.45, 2.75) is 6.92 Å². The van der Waals surface area contributed by atoms with E-state index >= 15 is 0 Å². The zero-order valence-corrected chi connectivity index (χ0v) is 9.99. The van der Waals surface area contributed by atoms with Crippen LogP contribution < -0.4 is 4.90 Å². The van der Waals surface area contributed by atoms with Crippen LogP contribution in [0.5, 0.6) is 0 Å². The third-order valence-electron chi connectivity index (χ3n) is 2.15. The van der Waals surface area contributed by atoms with Crippen molar-refractivity contribution >= 4 is 17.4 Å². The second-order valence-electron chi connectivity index (χ2n) is 3.61. The topological polar surface area (TPSA) is 46.6 Å². The minimum atomic E-state index is -0.927. The van der Waals surface area contributed by atoms with E-state index in [1.807, 2.05) is 0 Å². The Balaban J connectivity index is 3.03. The van der Waals surface area contributed by atoms with Crippen molar-refractivity contribution in [2.24, 2.45) is 0 Å². The van der Waals surface area contributed by atoms with Gasteiger partial charge in [-0.15, -0.1) is 0 Å². The summed E-state index contributed by atoms with van der Waals surface area (Å²) in [4.78, 5) is 24.4. The molecule has 0 amide bonds. The number of ether oxygens (including phenoxy) is 1. The van der Waals surface area contributed by atoms with E-state index < -0.39 is 17.6 Å². The molecule has 17 heavy (non-hydrogen) atoms. The molecule has 1 aromatic carbocycles. The number of rotatable bonds is 4. The first-order valence-electron chi connectivity index (χ1n) is 5.15. The van der Waals surface area contributed by atoms with Crippen molar-refractivity contribution in [3.8, 4) is 0 Å². The summed E-state index contributed by atoms with van der Waals surface area (Å²) in [6, 6.07) is 3.75. The van der Waals surface area contributed by atoms with Gasteiger partial charge in [-0.05, 0) is 25.1 Å². The average Bonchev–Trinajstić information content (AvgIpc) is 2.28. The van der Waals surface area contributed by atoms with Crippen LogP contribution in [-0.4, -0.2) is 32.5 Å². The molecule has 0 aliphatic rings. The van der Waals surface area contributed by atoms with Gasteiger partial charge < -0.3 is 9.64 Å². The molecule has 0 atom stereocenters. The lowest BCUT2D eigenvalue weighted by molar-refractivity contribution is -0.137. The normalized spacial score (nSPS) is 9.88. The standard InChI is InChI=1S/C12H14FNO3/c1-4-17-12(16)11(15)8-5-6-9(13)10(7-8)14(2)3/h5-7H,4H2,1-3H3. The Hall–Kier alpha value is -1.91. The summed E-state index contributed by atoms with van der Waals surface area (Å²) in [5.41, 5.74) is 0.369. The van der Waals surface area contributed by atoms with Gasteiger partial charge in [0.25, 0.3) is 5.78 Å². The molecular weight excluding hydrogens is 225 g/mol. The zero-order chi connectivity index (χ0) is 13.0. The largest absolute Gasteiger partial charge is 0.460 e. The van der Waals surface area contributed by atoms with Gasteiger partial charge in [0.05, 0.1) is 12.3 Å². The number of Topliss-reactive ketones (excluding diaryl/α,β-unsaturated/α-hetero) is 1. The van der Waals surface area contributed by atoms with Gasteiger partial charge in [-0.25, -0.2) is 9.18 Å². The highest BCUT2D eigenvalue weighted by Gasteiger charge is 2.19. The summed E-state index contributed by atoms with van der Waals surface area (Å²) in [6.07, 6.45) is 0. The van der Waals surface area contributed by atoms with Crippen molar-refractivity contribution in [3.05, 3.63) is 29.6 Å². The molecule has 1 aromatic rings. The van der Waals surface area contributed by atoms with Crippen LogP contribution in [0.4, 0.5) is 10.1 Å². The minimum Gasteiger partial charge on any atom is -0.460 e. The molecule has 0 bridgehead atoms. The fourth-order valence-corrected chi connectivity index (χ4v) is 1.31. The van der Waals surface area contributed by atoms with E-state index in [0.717, 1.165) is 6.07 Å². The number of hydrogen-bond donors (Lipinski definition) is 0. The van der Waals surface area contributed by atoms with Crippen LogP contribution in [0, 0.1) is 5.82 Å².